The lowest BCUT2D eigenvalue weighted by Gasteiger charge is -2.12. The first-order valence-electron chi connectivity index (χ1n) is 6.99. The minimum absolute atomic E-state index is 0.0214. The monoisotopic (exact) mass is 272 g/mol. The molecule has 0 aromatic carbocycles. The van der Waals surface area contributed by atoms with Crippen molar-refractivity contribution in [1.29, 1.82) is 0 Å². The van der Waals surface area contributed by atoms with Crippen molar-refractivity contribution in [2.45, 2.75) is 27.7 Å². The van der Waals surface area contributed by atoms with Gasteiger partial charge in [-0.2, -0.15) is 0 Å². The lowest BCUT2D eigenvalue weighted by atomic mass is 10.2. The zero-order valence-electron chi connectivity index (χ0n) is 12.6. The topological polar surface area (TPSA) is 74.8 Å². The number of guanidine groups is 1. The molecule has 19 heavy (non-hydrogen) atoms. The first-order valence-corrected chi connectivity index (χ1v) is 6.99. The molecule has 0 unspecified atom stereocenters. The summed E-state index contributed by atoms with van der Waals surface area (Å²) in [5, 5.41) is 9.15. The molecule has 0 radical (unpaired) electrons. The minimum atomic E-state index is 0.0214. The summed E-state index contributed by atoms with van der Waals surface area (Å²) in [6, 6.07) is 0. The molecule has 0 heterocycles. The first-order chi connectivity index (χ1) is 9.11. The van der Waals surface area contributed by atoms with Gasteiger partial charge in [0.2, 0.25) is 5.91 Å². The lowest BCUT2D eigenvalue weighted by molar-refractivity contribution is -0.123. The van der Waals surface area contributed by atoms with Crippen molar-refractivity contribution in [3.63, 3.8) is 0 Å². The summed E-state index contributed by atoms with van der Waals surface area (Å²) >= 11 is 0. The van der Waals surface area contributed by atoms with Gasteiger partial charge >= 0.3 is 0 Å². The van der Waals surface area contributed by atoms with Crippen molar-refractivity contribution in [3.8, 4) is 0 Å². The Morgan fingerprint density at radius 3 is 2.42 bits per heavy atom. The zero-order valence-corrected chi connectivity index (χ0v) is 12.6. The molecule has 0 aromatic rings. The van der Waals surface area contributed by atoms with E-state index in [1.54, 1.807) is 0 Å². The Hall–Kier alpha value is -1.30. The smallest absolute Gasteiger partial charge is 0.222 e. The van der Waals surface area contributed by atoms with Gasteiger partial charge in [-0.15, -0.1) is 0 Å². The lowest BCUT2D eigenvalue weighted by Crippen LogP contribution is -2.42. The quantitative estimate of drug-likeness (QED) is 0.322. The van der Waals surface area contributed by atoms with Crippen molar-refractivity contribution in [2.75, 3.05) is 39.4 Å². The number of carbonyl (C=O) groups is 1. The highest BCUT2D eigenvalue weighted by Gasteiger charge is 2.04. The normalized spacial score (nSPS) is 11.5. The van der Waals surface area contributed by atoms with E-state index in [1.807, 2.05) is 27.7 Å². The molecule has 6 heteroatoms. The maximum absolute atomic E-state index is 11.4. The molecule has 0 saturated carbocycles. The van der Waals surface area contributed by atoms with E-state index in [1.165, 1.54) is 0 Å². The molecule has 0 bridgehead atoms. The Labute approximate surface area is 116 Å². The average molecular weight is 272 g/mol. The van der Waals surface area contributed by atoms with E-state index in [2.05, 4.69) is 20.9 Å². The van der Waals surface area contributed by atoms with E-state index in [-0.39, 0.29) is 11.8 Å². The number of carbonyl (C=O) groups excluding carboxylic acids is 1. The van der Waals surface area contributed by atoms with Crippen LogP contribution in [-0.4, -0.2) is 51.3 Å². The molecule has 0 fully saturated rings. The van der Waals surface area contributed by atoms with Crippen LogP contribution in [0, 0.1) is 5.92 Å². The highest BCUT2D eigenvalue weighted by Crippen LogP contribution is 1.88. The van der Waals surface area contributed by atoms with E-state index < -0.39 is 0 Å². The molecule has 0 aliphatic rings. The van der Waals surface area contributed by atoms with Gasteiger partial charge in [0.1, 0.15) is 0 Å². The zero-order chi connectivity index (χ0) is 14.5. The number of amides is 1. The third-order valence-electron chi connectivity index (χ3n) is 2.29. The fourth-order valence-corrected chi connectivity index (χ4v) is 1.28. The van der Waals surface area contributed by atoms with Crippen LogP contribution in [0.25, 0.3) is 0 Å². The molecule has 0 aliphatic heterocycles. The summed E-state index contributed by atoms with van der Waals surface area (Å²) in [4.78, 5) is 15.7. The Morgan fingerprint density at radius 2 is 1.84 bits per heavy atom. The van der Waals surface area contributed by atoms with Crippen LogP contribution < -0.4 is 16.0 Å². The summed E-state index contributed by atoms with van der Waals surface area (Å²) < 4.78 is 5.23. The number of rotatable bonds is 9. The molecular formula is C13H28N4O2. The predicted molar refractivity (Wildman–Crippen MR) is 78.3 cm³/mol. The average Bonchev–Trinajstić information content (AvgIpc) is 2.38. The Morgan fingerprint density at radius 1 is 1.16 bits per heavy atom. The van der Waals surface area contributed by atoms with Gasteiger partial charge in [-0.05, 0) is 13.8 Å². The van der Waals surface area contributed by atoms with Crippen LogP contribution in [0.4, 0.5) is 0 Å². The van der Waals surface area contributed by atoms with Crippen LogP contribution in [0.3, 0.4) is 0 Å². The summed E-state index contributed by atoms with van der Waals surface area (Å²) in [5.41, 5.74) is 0. The van der Waals surface area contributed by atoms with Crippen molar-refractivity contribution in [1.82, 2.24) is 16.0 Å². The van der Waals surface area contributed by atoms with Gasteiger partial charge < -0.3 is 20.7 Å². The number of hydrogen-bond acceptors (Lipinski definition) is 3. The molecule has 0 spiro atoms. The minimum Gasteiger partial charge on any atom is -0.380 e. The van der Waals surface area contributed by atoms with Crippen LogP contribution in [0.5, 0.6) is 0 Å². The molecule has 6 nitrogen and oxygen atoms in total. The molecule has 1 amide bonds. The fraction of sp³-hybridized carbons (Fsp3) is 0.846. The Balaban J connectivity index is 3.84. The van der Waals surface area contributed by atoms with Gasteiger partial charge in [0.05, 0.1) is 13.2 Å². The van der Waals surface area contributed by atoms with E-state index >= 15 is 0 Å². The first kappa shape index (κ1) is 17.7. The molecule has 0 atom stereocenters. The number of hydrogen-bond donors (Lipinski definition) is 3. The van der Waals surface area contributed by atoms with E-state index in [0.717, 1.165) is 12.5 Å². The van der Waals surface area contributed by atoms with Crippen LogP contribution in [0.2, 0.25) is 0 Å². The largest absolute Gasteiger partial charge is 0.380 e. The molecular weight excluding hydrogens is 244 g/mol. The molecule has 3 N–H and O–H groups in total. The second-order valence-electron chi connectivity index (χ2n) is 4.33. The SMILES string of the molecule is CCNC(=NCCOCC)NCCNC(=O)C(C)C. The second kappa shape index (κ2) is 11.8. The van der Waals surface area contributed by atoms with Crippen LogP contribution in [0.15, 0.2) is 4.99 Å². The van der Waals surface area contributed by atoms with Gasteiger partial charge in [-0.3, -0.25) is 9.79 Å². The van der Waals surface area contributed by atoms with Crippen LogP contribution >= 0.6 is 0 Å². The summed E-state index contributed by atoms with van der Waals surface area (Å²) in [7, 11) is 0. The standard InChI is InChI=1S/C13H28N4O2/c1-5-14-13(17-9-10-19-6-2)16-8-7-15-12(18)11(3)4/h11H,5-10H2,1-4H3,(H,15,18)(H2,14,16,17). The molecule has 0 saturated heterocycles. The third-order valence-corrected chi connectivity index (χ3v) is 2.29. The maximum atomic E-state index is 11.4. The van der Waals surface area contributed by atoms with Gasteiger partial charge in [-0.1, -0.05) is 13.8 Å². The van der Waals surface area contributed by atoms with Crippen molar-refractivity contribution in [2.24, 2.45) is 10.9 Å². The van der Waals surface area contributed by atoms with Gasteiger partial charge in [0, 0.05) is 32.2 Å². The van der Waals surface area contributed by atoms with E-state index in [0.29, 0.717) is 32.8 Å². The molecule has 0 aliphatic carbocycles. The van der Waals surface area contributed by atoms with Gasteiger partial charge in [-0.25, -0.2) is 0 Å². The van der Waals surface area contributed by atoms with Gasteiger partial charge in [0.25, 0.3) is 0 Å². The summed E-state index contributed by atoms with van der Waals surface area (Å²) in [5.74, 6) is 0.842. The second-order valence-corrected chi connectivity index (χ2v) is 4.33. The van der Waals surface area contributed by atoms with E-state index in [4.69, 9.17) is 4.74 Å². The van der Waals surface area contributed by atoms with Gasteiger partial charge in [0.15, 0.2) is 5.96 Å². The molecule has 112 valence electrons. The van der Waals surface area contributed by atoms with Crippen LogP contribution in [-0.2, 0) is 9.53 Å². The highest BCUT2D eigenvalue weighted by molar-refractivity contribution is 5.80. The molecule has 0 rings (SSSR count). The van der Waals surface area contributed by atoms with Crippen molar-refractivity contribution >= 4 is 11.9 Å². The Bertz CT molecular complexity index is 267. The molecule has 0 aromatic heterocycles. The number of nitrogens with zero attached hydrogens (tertiary/aromatic N) is 1. The number of nitrogens with one attached hydrogen (secondary N) is 3. The van der Waals surface area contributed by atoms with Crippen LogP contribution in [0.1, 0.15) is 27.7 Å². The number of ether oxygens (including phenoxy) is 1. The van der Waals surface area contributed by atoms with Crippen molar-refractivity contribution < 1.29 is 9.53 Å². The maximum Gasteiger partial charge on any atom is 0.222 e. The van der Waals surface area contributed by atoms with E-state index in [9.17, 15) is 4.79 Å². The number of aliphatic imine (C=N–C) groups is 1. The highest BCUT2D eigenvalue weighted by atomic mass is 16.5. The summed E-state index contributed by atoms with van der Waals surface area (Å²) in [6.07, 6.45) is 0. The predicted octanol–water partition coefficient (Wildman–Crippen LogP) is 0.350. The fourth-order valence-electron chi connectivity index (χ4n) is 1.28. The Kier molecular flexibility index (Phi) is 11.0. The third kappa shape index (κ3) is 10.3. The van der Waals surface area contributed by atoms with Crippen molar-refractivity contribution in [3.05, 3.63) is 0 Å². The summed E-state index contributed by atoms with van der Waals surface area (Å²) in [6.45, 7) is 11.7.